The smallest absolute Gasteiger partial charge is 0.271 e. The molecule has 0 aliphatic rings. The van der Waals surface area contributed by atoms with Gasteiger partial charge in [-0.05, 0) is 30.2 Å². The van der Waals surface area contributed by atoms with Crippen LogP contribution in [-0.4, -0.2) is 43.6 Å². The van der Waals surface area contributed by atoms with E-state index in [9.17, 15) is 4.79 Å². The van der Waals surface area contributed by atoms with Gasteiger partial charge in [-0.15, -0.1) is 0 Å². The number of nitrogens with one attached hydrogen (secondary N) is 1. The lowest BCUT2D eigenvalue weighted by atomic mass is 10.1. The Bertz CT molecular complexity index is 655. The maximum atomic E-state index is 12.0. The van der Waals surface area contributed by atoms with Gasteiger partial charge in [0.1, 0.15) is 12.4 Å². The topological polar surface area (TPSA) is 74.6 Å². The van der Waals surface area contributed by atoms with Crippen LogP contribution in [0.2, 0.25) is 0 Å². The van der Waals surface area contributed by atoms with E-state index >= 15 is 0 Å². The molecule has 0 aliphatic carbocycles. The van der Waals surface area contributed by atoms with Crippen molar-refractivity contribution in [3.05, 3.63) is 41.7 Å². The zero-order valence-corrected chi connectivity index (χ0v) is 13.5. The molecule has 0 saturated heterocycles. The number of aromatic nitrogens is 2. The van der Waals surface area contributed by atoms with Gasteiger partial charge in [-0.2, -0.15) is 5.10 Å². The van der Waals surface area contributed by atoms with E-state index in [-0.39, 0.29) is 5.91 Å². The number of benzene rings is 1. The summed E-state index contributed by atoms with van der Waals surface area (Å²) in [6.45, 7) is 0.824. The molecule has 7 nitrogen and oxygen atoms in total. The minimum absolute atomic E-state index is 0.208. The van der Waals surface area contributed by atoms with Gasteiger partial charge in [0.05, 0.1) is 14.2 Å². The molecule has 1 heterocycles. The van der Waals surface area contributed by atoms with Crippen LogP contribution in [0.4, 0.5) is 0 Å². The molecule has 1 aromatic heterocycles. The van der Waals surface area contributed by atoms with Crippen molar-refractivity contribution in [3.63, 3.8) is 0 Å². The van der Waals surface area contributed by atoms with Gasteiger partial charge in [0.2, 0.25) is 0 Å². The highest BCUT2D eigenvalue weighted by Gasteiger charge is 2.09. The highest BCUT2D eigenvalue weighted by molar-refractivity contribution is 5.92. The fourth-order valence-electron chi connectivity index (χ4n) is 2.13. The number of hydrogen-bond acceptors (Lipinski definition) is 5. The van der Waals surface area contributed by atoms with Gasteiger partial charge in [0.25, 0.3) is 5.91 Å². The van der Waals surface area contributed by atoms with Crippen LogP contribution in [-0.2, 0) is 17.9 Å². The Morgan fingerprint density at radius 1 is 1.17 bits per heavy atom. The Balaban J connectivity index is 1.87. The van der Waals surface area contributed by atoms with Crippen molar-refractivity contribution in [2.45, 2.75) is 13.2 Å². The summed E-state index contributed by atoms with van der Waals surface area (Å²) >= 11 is 0. The molecule has 1 amide bonds. The zero-order chi connectivity index (χ0) is 16.7. The molecule has 0 spiro atoms. The minimum atomic E-state index is -0.208. The molecule has 0 saturated carbocycles. The molecule has 1 aromatic carbocycles. The van der Waals surface area contributed by atoms with Gasteiger partial charge in [0, 0.05) is 19.9 Å². The lowest BCUT2D eigenvalue weighted by Crippen LogP contribution is -2.26. The molecule has 0 radical (unpaired) electrons. The van der Waals surface area contributed by atoms with Crippen molar-refractivity contribution in [1.29, 1.82) is 0 Å². The third kappa shape index (κ3) is 4.46. The third-order valence-electron chi connectivity index (χ3n) is 3.28. The number of amides is 1. The Morgan fingerprint density at radius 2 is 1.96 bits per heavy atom. The molecule has 0 fully saturated rings. The summed E-state index contributed by atoms with van der Waals surface area (Å²) in [4.78, 5) is 12.0. The fourth-order valence-corrected chi connectivity index (χ4v) is 2.13. The zero-order valence-electron chi connectivity index (χ0n) is 13.5. The van der Waals surface area contributed by atoms with Crippen LogP contribution in [0.5, 0.6) is 11.5 Å². The summed E-state index contributed by atoms with van der Waals surface area (Å²) in [6.07, 6.45) is 2.39. The van der Waals surface area contributed by atoms with Gasteiger partial charge in [-0.3, -0.25) is 4.79 Å². The maximum Gasteiger partial charge on any atom is 0.271 e. The first-order valence-electron chi connectivity index (χ1n) is 7.19. The Hall–Kier alpha value is -2.54. The molecule has 0 aliphatic heterocycles. The molecule has 1 N–H and O–H groups in total. The van der Waals surface area contributed by atoms with Crippen LogP contribution >= 0.6 is 0 Å². The molecule has 0 bridgehead atoms. The van der Waals surface area contributed by atoms with E-state index in [1.807, 2.05) is 18.2 Å². The van der Waals surface area contributed by atoms with E-state index in [0.717, 1.165) is 5.56 Å². The summed E-state index contributed by atoms with van der Waals surface area (Å²) < 4.78 is 17.0. The van der Waals surface area contributed by atoms with E-state index in [4.69, 9.17) is 14.2 Å². The van der Waals surface area contributed by atoms with Crippen LogP contribution in [0.1, 0.15) is 16.1 Å². The summed E-state index contributed by atoms with van der Waals surface area (Å²) in [6, 6.07) is 7.35. The summed E-state index contributed by atoms with van der Waals surface area (Å²) in [5.41, 5.74) is 1.42. The second-order valence-electron chi connectivity index (χ2n) is 4.85. The number of ether oxygens (including phenoxy) is 3. The number of carbonyl (C=O) groups excluding carboxylic acids is 1. The van der Waals surface area contributed by atoms with Crippen LogP contribution in [0, 0.1) is 0 Å². The quantitative estimate of drug-likeness (QED) is 0.797. The van der Waals surface area contributed by atoms with E-state index in [0.29, 0.717) is 36.9 Å². The normalized spacial score (nSPS) is 10.4. The number of nitrogens with zero attached hydrogens (tertiary/aromatic N) is 2. The van der Waals surface area contributed by atoms with Crippen molar-refractivity contribution in [3.8, 4) is 11.5 Å². The third-order valence-corrected chi connectivity index (χ3v) is 3.28. The van der Waals surface area contributed by atoms with Gasteiger partial charge in [-0.25, -0.2) is 4.68 Å². The fraction of sp³-hybridized carbons (Fsp3) is 0.375. The predicted molar refractivity (Wildman–Crippen MR) is 84.8 cm³/mol. The SMILES string of the molecule is COCn1ccc(C(=O)NCCc2ccc(OC)c(OC)c2)n1. The standard InChI is InChI=1S/C16H21N3O4/c1-21-11-19-9-7-13(18-19)16(20)17-8-6-12-4-5-14(22-2)15(10-12)23-3/h4-5,7,9-10H,6,8,11H2,1-3H3,(H,17,20). The summed E-state index contributed by atoms with van der Waals surface area (Å²) in [7, 11) is 4.77. The average Bonchev–Trinajstić information content (AvgIpc) is 3.03. The largest absolute Gasteiger partial charge is 0.493 e. The first-order valence-corrected chi connectivity index (χ1v) is 7.19. The number of carbonyl (C=O) groups is 1. The van der Waals surface area contributed by atoms with Crippen molar-refractivity contribution in [2.24, 2.45) is 0 Å². The Labute approximate surface area is 135 Å². The lowest BCUT2D eigenvalue weighted by molar-refractivity contribution is 0.0941. The number of methoxy groups -OCH3 is 3. The molecule has 0 atom stereocenters. The molecule has 23 heavy (non-hydrogen) atoms. The number of rotatable bonds is 8. The first kappa shape index (κ1) is 16.8. The highest BCUT2D eigenvalue weighted by atomic mass is 16.5. The highest BCUT2D eigenvalue weighted by Crippen LogP contribution is 2.27. The van der Waals surface area contributed by atoms with E-state index in [2.05, 4.69) is 10.4 Å². The van der Waals surface area contributed by atoms with Gasteiger partial charge >= 0.3 is 0 Å². The monoisotopic (exact) mass is 319 g/mol. The molecule has 2 aromatic rings. The molecule has 0 unspecified atom stereocenters. The van der Waals surface area contributed by atoms with Gasteiger partial charge in [-0.1, -0.05) is 6.07 Å². The summed E-state index contributed by atoms with van der Waals surface area (Å²) in [5.74, 6) is 1.15. The van der Waals surface area contributed by atoms with Crippen LogP contribution in [0.15, 0.2) is 30.5 Å². The van der Waals surface area contributed by atoms with Crippen molar-refractivity contribution in [2.75, 3.05) is 27.9 Å². The van der Waals surface area contributed by atoms with Crippen LogP contribution in [0.3, 0.4) is 0 Å². The average molecular weight is 319 g/mol. The second kappa shape index (κ2) is 8.19. The van der Waals surface area contributed by atoms with Crippen LogP contribution < -0.4 is 14.8 Å². The molecule has 2 rings (SSSR count). The van der Waals surface area contributed by atoms with Crippen molar-refractivity contribution in [1.82, 2.24) is 15.1 Å². The van der Waals surface area contributed by atoms with Gasteiger partial charge < -0.3 is 19.5 Å². The van der Waals surface area contributed by atoms with Crippen LogP contribution in [0.25, 0.3) is 0 Å². The van der Waals surface area contributed by atoms with E-state index in [1.54, 1.807) is 38.3 Å². The molecule has 124 valence electrons. The molecular weight excluding hydrogens is 298 g/mol. The van der Waals surface area contributed by atoms with Crippen molar-refractivity contribution >= 4 is 5.91 Å². The molecule has 7 heteroatoms. The van der Waals surface area contributed by atoms with Gasteiger partial charge in [0.15, 0.2) is 11.5 Å². The van der Waals surface area contributed by atoms with E-state index in [1.165, 1.54) is 0 Å². The Kier molecular flexibility index (Phi) is 5.99. The summed E-state index contributed by atoms with van der Waals surface area (Å²) in [5, 5.41) is 6.96. The maximum absolute atomic E-state index is 12.0. The second-order valence-corrected chi connectivity index (χ2v) is 4.85. The number of hydrogen-bond donors (Lipinski definition) is 1. The Morgan fingerprint density at radius 3 is 2.65 bits per heavy atom. The molecular formula is C16H21N3O4. The minimum Gasteiger partial charge on any atom is -0.493 e. The first-order chi connectivity index (χ1) is 11.2. The van der Waals surface area contributed by atoms with E-state index < -0.39 is 0 Å². The lowest BCUT2D eigenvalue weighted by Gasteiger charge is -2.09. The van der Waals surface area contributed by atoms with Crippen molar-refractivity contribution < 1.29 is 19.0 Å². The predicted octanol–water partition coefficient (Wildman–Crippen LogP) is 1.48.